The van der Waals surface area contributed by atoms with Crippen LogP contribution in [0.2, 0.25) is 0 Å². The lowest BCUT2D eigenvalue weighted by molar-refractivity contribution is -0.143. The number of carbonyl (C=O) groups is 3. The molecule has 1 aromatic rings. The van der Waals surface area contributed by atoms with Crippen LogP contribution in [0.4, 0.5) is 0 Å². The van der Waals surface area contributed by atoms with Gasteiger partial charge < -0.3 is 26.6 Å². The van der Waals surface area contributed by atoms with Gasteiger partial charge in [-0.1, -0.05) is 30.3 Å². The predicted octanol–water partition coefficient (Wildman–Crippen LogP) is -1.38. The Labute approximate surface area is 133 Å². The van der Waals surface area contributed by atoms with Crippen molar-refractivity contribution < 1.29 is 24.6 Å². The van der Waals surface area contributed by atoms with Gasteiger partial charge in [0.1, 0.15) is 12.1 Å². The molecule has 0 aromatic heterocycles. The number of nitrogens with two attached hydrogens (primary N) is 1. The number of amides is 2. The van der Waals surface area contributed by atoms with Gasteiger partial charge in [0.25, 0.3) is 0 Å². The normalized spacial score (nSPS) is 14.4. The van der Waals surface area contributed by atoms with Gasteiger partial charge in [0.2, 0.25) is 11.8 Å². The van der Waals surface area contributed by atoms with Gasteiger partial charge in [-0.25, -0.2) is 4.79 Å². The van der Waals surface area contributed by atoms with Crippen LogP contribution in [0.25, 0.3) is 0 Å². The quantitative estimate of drug-likeness (QED) is 0.399. The molecular formula is C15H21N3O5. The highest BCUT2D eigenvalue weighted by Crippen LogP contribution is 2.02. The summed E-state index contributed by atoms with van der Waals surface area (Å²) in [5.74, 6) is -2.60. The molecule has 126 valence electrons. The molecule has 0 fully saturated rings. The minimum Gasteiger partial charge on any atom is -0.480 e. The molecule has 0 bridgehead atoms. The van der Waals surface area contributed by atoms with Crippen LogP contribution < -0.4 is 16.4 Å². The van der Waals surface area contributed by atoms with E-state index in [-0.39, 0.29) is 0 Å². The summed E-state index contributed by atoms with van der Waals surface area (Å²) in [6, 6.07) is 5.96. The average Bonchev–Trinajstić information content (AvgIpc) is 2.52. The zero-order chi connectivity index (χ0) is 17.4. The minimum absolute atomic E-state index is 0.315. The summed E-state index contributed by atoms with van der Waals surface area (Å²) in [6.45, 7) is 0.661. The molecular weight excluding hydrogens is 302 g/mol. The molecule has 2 amide bonds. The van der Waals surface area contributed by atoms with Crippen molar-refractivity contribution in [2.75, 3.05) is 6.61 Å². The van der Waals surface area contributed by atoms with Crippen molar-refractivity contribution in [2.45, 2.75) is 31.5 Å². The van der Waals surface area contributed by atoms with E-state index in [4.69, 9.17) is 15.9 Å². The summed E-state index contributed by atoms with van der Waals surface area (Å²) < 4.78 is 0. The fourth-order valence-corrected chi connectivity index (χ4v) is 1.83. The standard InChI is InChI=1S/C15H21N3O5/c1-9(13(20)18-12(8-19)15(22)23)17-14(21)11(16)7-10-5-3-2-4-6-10/h2-6,9,11-12,19H,7-8,16H2,1H3,(H,17,21)(H,18,20)(H,22,23)/t9-,11-,12-/m1/s1. The van der Waals surface area contributed by atoms with E-state index in [1.165, 1.54) is 6.92 Å². The van der Waals surface area contributed by atoms with Crippen molar-refractivity contribution in [1.82, 2.24) is 10.6 Å². The summed E-state index contributed by atoms with van der Waals surface area (Å²) in [5, 5.41) is 22.1. The van der Waals surface area contributed by atoms with Crippen LogP contribution in [0.15, 0.2) is 30.3 Å². The molecule has 0 heterocycles. The molecule has 8 nitrogen and oxygen atoms in total. The SMILES string of the molecule is C[C@@H](NC(=O)[C@H](N)Cc1ccccc1)C(=O)N[C@H](CO)C(=O)O. The zero-order valence-electron chi connectivity index (χ0n) is 12.7. The maximum atomic E-state index is 12.0. The van der Waals surface area contributed by atoms with E-state index in [0.29, 0.717) is 6.42 Å². The summed E-state index contributed by atoms with van der Waals surface area (Å²) in [4.78, 5) is 34.5. The lowest BCUT2D eigenvalue weighted by atomic mass is 10.1. The molecule has 0 aliphatic carbocycles. The Morgan fingerprint density at radius 3 is 2.26 bits per heavy atom. The smallest absolute Gasteiger partial charge is 0.328 e. The minimum atomic E-state index is -1.42. The number of carbonyl (C=O) groups excluding carboxylic acids is 2. The second kappa shape index (κ2) is 8.86. The number of hydrogen-bond donors (Lipinski definition) is 5. The van der Waals surface area contributed by atoms with Gasteiger partial charge in [-0.2, -0.15) is 0 Å². The fraction of sp³-hybridized carbons (Fsp3) is 0.400. The molecule has 0 aliphatic rings. The number of aliphatic hydroxyl groups is 1. The molecule has 0 saturated heterocycles. The molecule has 0 spiro atoms. The maximum Gasteiger partial charge on any atom is 0.328 e. The highest BCUT2D eigenvalue weighted by molar-refractivity contribution is 5.91. The highest BCUT2D eigenvalue weighted by Gasteiger charge is 2.24. The molecule has 6 N–H and O–H groups in total. The second-order valence-corrected chi connectivity index (χ2v) is 5.11. The van der Waals surface area contributed by atoms with Gasteiger partial charge in [-0.3, -0.25) is 9.59 Å². The van der Waals surface area contributed by atoms with Crippen LogP contribution in [0.5, 0.6) is 0 Å². The van der Waals surface area contributed by atoms with Crippen LogP contribution in [-0.2, 0) is 20.8 Å². The van der Waals surface area contributed by atoms with Gasteiger partial charge in [0.15, 0.2) is 0 Å². The Kier molecular flexibility index (Phi) is 7.17. The molecule has 0 radical (unpaired) electrons. The first-order valence-corrected chi connectivity index (χ1v) is 7.09. The van der Waals surface area contributed by atoms with Gasteiger partial charge in [0, 0.05) is 0 Å². The Morgan fingerprint density at radius 2 is 1.74 bits per heavy atom. The maximum absolute atomic E-state index is 12.0. The van der Waals surface area contributed by atoms with E-state index in [1.54, 1.807) is 0 Å². The van der Waals surface area contributed by atoms with Crippen molar-refractivity contribution in [2.24, 2.45) is 5.73 Å². The van der Waals surface area contributed by atoms with Crippen LogP contribution in [0, 0.1) is 0 Å². The third kappa shape index (κ3) is 6.05. The van der Waals surface area contributed by atoms with Gasteiger partial charge in [-0.15, -0.1) is 0 Å². The van der Waals surface area contributed by atoms with E-state index >= 15 is 0 Å². The average molecular weight is 323 g/mol. The van der Waals surface area contributed by atoms with Gasteiger partial charge in [-0.05, 0) is 18.9 Å². The summed E-state index contributed by atoms with van der Waals surface area (Å²) in [5.41, 5.74) is 6.68. The van der Waals surface area contributed by atoms with Crippen molar-refractivity contribution in [3.63, 3.8) is 0 Å². The van der Waals surface area contributed by atoms with Crippen molar-refractivity contribution in [3.05, 3.63) is 35.9 Å². The Bertz CT molecular complexity index is 549. The predicted molar refractivity (Wildman–Crippen MR) is 82.4 cm³/mol. The number of nitrogens with one attached hydrogen (secondary N) is 2. The third-order valence-electron chi connectivity index (χ3n) is 3.18. The van der Waals surface area contributed by atoms with E-state index in [9.17, 15) is 14.4 Å². The molecule has 1 aromatic carbocycles. The van der Waals surface area contributed by atoms with Crippen LogP contribution >= 0.6 is 0 Å². The number of hydrogen-bond acceptors (Lipinski definition) is 5. The molecule has 3 atom stereocenters. The molecule has 0 unspecified atom stereocenters. The van der Waals surface area contributed by atoms with Crippen molar-refractivity contribution >= 4 is 17.8 Å². The molecule has 0 saturated carbocycles. The third-order valence-corrected chi connectivity index (χ3v) is 3.18. The first-order chi connectivity index (χ1) is 10.8. The Balaban J connectivity index is 2.51. The molecule has 8 heteroatoms. The number of benzene rings is 1. The summed E-state index contributed by atoms with van der Waals surface area (Å²) in [6.07, 6.45) is 0.315. The number of aliphatic hydroxyl groups excluding tert-OH is 1. The van der Waals surface area contributed by atoms with E-state index in [1.807, 2.05) is 30.3 Å². The molecule has 1 rings (SSSR count). The Hall–Kier alpha value is -2.45. The summed E-state index contributed by atoms with van der Waals surface area (Å²) >= 11 is 0. The van der Waals surface area contributed by atoms with Crippen molar-refractivity contribution in [1.29, 1.82) is 0 Å². The zero-order valence-corrected chi connectivity index (χ0v) is 12.7. The first kappa shape index (κ1) is 18.6. The molecule has 23 heavy (non-hydrogen) atoms. The van der Waals surface area contributed by atoms with E-state index < -0.39 is 42.5 Å². The van der Waals surface area contributed by atoms with Crippen LogP contribution in [-0.4, -0.2) is 52.7 Å². The highest BCUT2D eigenvalue weighted by atomic mass is 16.4. The number of carboxylic acids is 1. The van der Waals surface area contributed by atoms with Crippen LogP contribution in [0.1, 0.15) is 12.5 Å². The van der Waals surface area contributed by atoms with E-state index in [0.717, 1.165) is 5.56 Å². The van der Waals surface area contributed by atoms with Gasteiger partial charge in [0.05, 0.1) is 12.6 Å². The Morgan fingerprint density at radius 1 is 1.13 bits per heavy atom. The monoisotopic (exact) mass is 323 g/mol. The lowest BCUT2D eigenvalue weighted by Crippen LogP contribution is -2.54. The number of carboxylic acid groups (broad SMARTS) is 1. The summed E-state index contributed by atoms with van der Waals surface area (Å²) in [7, 11) is 0. The lowest BCUT2D eigenvalue weighted by Gasteiger charge is -2.19. The van der Waals surface area contributed by atoms with E-state index in [2.05, 4.69) is 10.6 Å². The largest absolute Gasteiger partial charge is 0.480 e. The topological polar surface area (TPSA) is 142 Å². The first-order valence-electron chi connectivity index (χ1n) is 7.09. The number of aliphatic carboxylic acids is 1. The van der Waals surface area contributed by atoms with Crippen LogP contribution in [0.3, 0.4) is 0 Å². The fourth-order valence-electron chi connectivity index (χ4n) is 1.83. The van der Waals surface area contributed by atoms with Gasteiger partial charge >= 0.3 is 5.97 Å². The molecule has 0 aliphatic heterocycles. The number of rotatable bonds is 8. The second-order valence-electron chi connectivity index (χ2n) is 5.11. The van der Waals surface area contributed by atoms with Crippen molar-refractivity contribution in [3.8, 4) is 0 Å².